The van der Waals surface area contributed by atoms with E-state index in [1.807, 2.05) is 43.3 Å². The van der Waals surface area contributed by atoms with Crippen LogP contribution in [0.1, 0.15) is 13.3 Å². The van der Waals surface area contributed by atoms with E-state index >= 15 is 0 Å². The molecule has 0 bridgehead atoms. The van der Waals surface area contributed by atoms with Gasteiger partial charge in [0.25, 0.3) is 0 Å². The van der Waals surface area contributed by atoms with Crippen LogP contribution in [0.5, 0.6) is 5.75 Å². The molecular weight excluding hydrogens is 368 g/mol. The van der Waals surface area contributed by atoms with E-state index in [-0.39, 0.29) is 5.69 Å². The van der Waals surface area contributed by atoms with Gasteiger partial charge in [0.15, 0.2) is 0 Å². The van der Waals surface area contributed by atoms with Gasteiger partial charge in [-0.25, -0.2) is 4.79 Å². The predicted molar refractivity (Wildman–Crippen MR) is 113 cm³/mol. The summed E-state index contributed by atoms with van der Waals surface area (Å²) in [6, 6.07) is 16.2. The highest BCUT2D eigenvalue weighted by molar-refractivity contribution is 5.54. The van der Waals surface area contributed by atoms with Gasteiger partial charge in [-0.05, 0) is 65.4 Å². The molecule has 0 atom stereocenters. The molecule has 0 saturated carbocycles. The Bertz CT molecular complexity index is 985. The van der Waals surface area contributed by atoms with E-state index in [1.54, 1.807) is 7.11 Å². The average molecular weight is 394 g/mol. The van der Waals surface area contributed by atoms with Gasteiger partial charge in [0.1, 0.15) is 5.75 Å². The Balaban J connectivity index is 1.41. The van der Waals surface area contributed by atoms with Crippen molar-refractivity contribution in [1.82, 2.24) is 19.8 Å². The molecule has 29 heavy (non-hydrogen) atoms. The normalized spacial score (nSPS) is 14.3. The van der Waals surface area contributed by atoms with E-state index in [9.17, 15) is 4.79 Å². The lowest BCUT2D eigenvalue weighted by atomic mass is 10.2. The van der Waals surface area contributed by atoms with Crippen LogP contribution in [-0.4, -0.2) is 53.1 Å². The van der Waals surface area contributed by atoms with Crippen LogP contribution in [0.15, 0.2) is 53.3 Å². The molecule has 4 rings (SSSR count). The quantitative estimate of drug-likeness (QED) is 0.638. The first-order valence-electron chi connectivity index (χ1n) is 9.97. The number of hydrogen-bond acceptors (Lipinski definition) is 6. The zero-order valence-corrected chi connectivity index (χ0v) is 16.9. The van der Waals surface area contributed by atoms with Crippen molar-refractivity contribution < 1.29 is 4.74 Å². The molecule has 1 saturated heterocycles. The number of anilines is 2. The zero-order valence-electron chi connectivity index (χ0n) is 16.9. The number of ether oxygens (including phenoxy) is 1. The third-order valence-corrected chi connectivity index (χ3v) is 5.25. The molecule has 1 aliphatic rings. The van der Waals surface area contributed by atoms with E-state index in [1.165, 1.54) is 15.1 Å². The Labute approximate surface area is 169 Å². The molecule has 8 heteroatoms. The molecule has 0 N–H and O–H groups in total. The van der Waals surface area contributed by atoms with Crippen molar-refractivity contribution in [3.8, 4) is 11.4 Å². The van der Waals surface area contributed by atoms with Crippen LogP contribution in [0, 0.1) is 0 Å². The maximum absolute atomic E-state index is 12.3. The fourth-order valence-electron chi connectivity index (χ4n) is 3.61. The summed E-state index contributed by atoms with van der Waals surface area (Å²) in [5, 5.41) is 7.93. The second-order valence-electron chi connectivity index (χ2n) is 7.08. The summed E-state index contributed by atoms with van der Waals surface area (Å²) >= 11 is 0. The maximum atomic E-state index is 12.3. The largest absolute Gasteiger partial charge is 0.497 e. The lowest BCUT2D eigenvalue weighted by Crippen LogP contribution is -2.46. The van der Waals surface area contributed by atoms with E-state index in [0.717, 1.165) is 49.7 Å². The Morgan fingerprint density at radius 1 is 0.828 bits per heavy atom. The van der Waals surface area contributed by atoms with Gasteiger partial charge in [0, 0.05) is 44.1 Å². The van der Waals surface area contributed by atoms with Crippen molar-refractivity contribution in [3.63, 3.8) is 0 Å². The fraction of sp³-hybridized carbons (Fsp3) is 0.381. The minimum Gasteiger partial charge on any atom is -0.497 e. The molecular formula is C21H26N6O2. The SMILES string of the molecule is CCCn1nnn(-c2ccc(N3CCN(c4ccc(OC)cc4)CC3)cc2)c1=O. The van der Waals surface area contributed by atoms with Gasteiger partial charge < -0.3 is 14.5 Å². The van der Waals surface area contributed by atoms with Crippen molar-refractivity contribution in [1.29, 1.82) is 0 Å². The van der Waals surface area contributed by atoms with Crippen LogP contribution >= 0.6 is 0 Å². The number of rotatable bonds is 6. The monoisotopic (exact) mass is 394 g/mol. The highest BCUT2D eigenvalue weighted by atomic mass is 16.5. The Morgan fingerprint density at radius 3 is 1.86 bits per heavy atom. The lowest BCUT2D eigenvalue weighted by Gasteiger charge is -2.37. The van der Waals surface area contributed by atoms with Gasteiger partial charge >= 0.3 is 5.69 Å². The van der Waals surface area contributed by atoms with Gasteiger partial charge in [0.05, 0.1) is 12.8 Å². The molecule has 0 aliphatic carbocycles. The summed E-state index contributed by atoms with van der Waals surface area (Å²) < 4.78 is 7.98. The van der Waals surface area contributed by atoms with E-state index in [0.29, 0.717) is 6.54 Å². The number of piperazine rings is 1. The van der Waals surface area contributed by atoms with Gasteiger partial charge in [-0.3, -0.25) is 0 Å². The molecule has 0 radical (unpaired) electrons. The van der Waals surface area contributed by atoms with Gasteiger partial charge in [-0.1, -0.05) is 6.92 Å². The van der Waals surface area contributed by atoms with Crippen LogP contribution in [0.2, 0.25) is 0 Å². The molecule has 0 spiro atoms. The van der Waals surface area contributed by atoms with E-state index in [2.05, 4.69) is 32.4 Å². The van der Waals surface area contributed by atoms with E-state index < -0.39 is 0 Å². The molecule has 2 aromatic carbocycles. The number of methoxy groups -OCH3 is 1. The fourth-order valence-corrected chi connectivity index (χ4v) is 3.61. The average Bonchev–Trinajstić information content (AvgIpc) is 3.14. The Morgan fingerprint density at radius 2 is 1.34 bits per heavy atom. The molecule has 8 nitrogen and oxygen atoms in total. The summed E-state index contributed by atoms with van der Waals surface area (Å²) in [6.07, 6.45) is 0.847. The van der Waals surface area contributed by atoms with Crippen molar-refractivity contribution in [2.75, 3.05) is 43.1 Å². The number of aromatic nitrogens is 4. The van der Waals surface area contributed by atoms with Crippen molar-refractivity contribution >= 4 is 11.4 Å². The molecule has 2 heterocycles. The lowest BCUT2D eigenvalue weighted by molar-refractivity contribution is 0.415. The standard InChI is InChI=1S/C21H26N6O2/c1-3-12-26-21(28)27(23-22-26)19-6-4-17(5-7-19)24-13-15-25(16-14-24)18-8-10-20(29-2)11-9-18/h4-11H,3,12-16H2,1-2H3. The molecule has 3 aromatic rings. The van der Waals surface area contributed by atoms with Crippen LogP contribution in [0.3, 0.4) is 0 Å². The summed E-state index contributed by atoms with van der Waals surface area (Å²) in [7, 11) is 1.68. The zero-order chi connectivity index (χ0) is 20.2. The highest BCUT2D eigenvalue weighted by Crippen LogP contribution is 2.23. The second kappa shape index (κ2) is 8.38. The number of benzene rings is 2. The summed E-state index contributed by atoms with van der Waals surface area (Å²) in [4.78, 5) is 17.1. The van der Waals surface area contributed by atoms with Gasteiger partial charge in [-0.15, -0.1) is 0 Å². The first kappa shape index (κ1) is 19.0. The molecule has 1 aromatic heterocycles. The number of nitrogens with zero attached hydrogens (tertiary/aromatic N) is 6. The Hall–Kier alpha value is -3.29. The highest BCUT2D eigenvalue weighted by Gasteiger charge is 2.18. The third-order valence-electron chi connectivity index (χ3n) is 5.25. The smallest absolute Gasteiger partial charge is 0.368 e. The summed E-state index contributed by atoms with van der Waals surface area (Å²) in [5.41, 5.74) is 2.90. The number of aryl methyl sites for hydroxylation is 1. The topological polar surface area (TPSA) is 68.4 Å². The van der Waals surface area contributed by atoms with Crippen molar-refractivity contribution in [2.24, 2.45) is 0 Å². The first-order chi connectivity index (χ1) is 14.2. The Kier molecular flexibility index (Phi) is 5.50. The maximum Gasteiger partial charge on any atom is 0.368 e. The number of hydrogen-bond donors (Lipinski definition) is 0. The van der Waals surface area contributed by atoms with Crippen molar-refractivity contribution in [2.45, 2.75) is 19.9 Å². The summed E-state index contributed by atoms with van der Waals surface area (Å²) in [6.45, 7) is 6.39. The molecule has 0 unspecified atom stereocenters. The van der Waals surface area contributed by atoms with Gasteiger partial charge in [0.2, 0.25) is 0 Å². The minimum atomic E-state index is -0.201. The van der Waals surface area contributed by atoms with Crippen LogP contribution < -0.4 is 20.2 Å². The van der Waals surface area contributed by atoms with Crippen LogP contribution in [0.4, 0.5) is 11.4 Å². The van der Waals surface area contributed by atoms with Crippen LogP contribution in [-0.2, 0) is 6.54 Å². The second-order valence-corrected chi connectivity index (χ2v) is 7.08. The predicted octanol–water partition coefficient (Wildman–Crippen LogP) is 2.17. The molecule has 1 aliphatic heterocycles. The first-order valence-corrected chi connectivity index (χ1v) is 9.97. The van der Waals surface area contributed by atoms with Crippen LogP contribution in [0.25, 0.3) is 5.69 Å². The third kappa shape index (κ3) is 3.96. The number of tetrazole rings is 1. The van der Waals surface area contributed by atoms with Crippen molar-refractivity contribution in [3.05, 3.63) is 59.0 Å². The molecule has 152 valence electrons. The molecule has 1 fully saturated rings. The summed E-state index contributed by atoms with van der Waals surface area (Å²) in [5.74, 6) is 0.876. The van der Waals surface area contributed by atoms with Gasteiger partial charge in [-0.2, -0.15) is 9.36 Å². The molecule has 0 amide bonds. The van der Waals surface area contributed by atoms with E-state index in [4.69, 9.17) is 4.74 Å². The minimum absolute atomic E-state index is 0.201.